The van der Waals surface area contributed by atoms with Crippen LogP contribution in [-0.2, 0) is 20.4 Å². The lowest BCUT2D eigenvalue weighted by Gasteiger charge is -2.30. The summed E-state index contributed by atoms with van der Waals surface area (Å²) >= 11 is 0. The molecule has 0 spiro atoms. The fraction of sp³-hybridized carbons (Fsp3) is 0.174. The van der Waals surface area contributed by atoms with E-state index in [-0.39, 0.29) is 23.3 Å². The number of carbonyl (C=O) groups excluding carboxylic acids is 2. The van der Waals surface area contributed by atoms with E-state index in [9.17, 15) is 19.8 Å². The first-order valence-electron chi connectivity index (χ1n) is 18.0. The molecule has 2 N–H and O–H groups in total. The molecule has 2 heterocycles. The molecule has 8 rings (SSSR count). The highest BCUT2D eigenvalue weighted by Gasteiger charge is 2.54. The van der Waals surface area contributed by atoms with Crippen LogP contribution in [0.4, 0.5) is 11.4 Å². The average molecular weight is 685 g/mol. The average Bonchev–Trinajstić information content (AvgIpc) is 3.59. The molecular formula is C46H40N2O4. The molecule has 6 aromatic rings. The van der Waals surface area contributed by atoms with Crippen LogP contribution in [-0.4, -0.2) is 35.1 Å². The minimum Gasteiger partial charge on any atom is -0.508 e. The van der Waals surface area contributed by atoms with Crippen molar-refractivity contribution in [3.63, 3.8) is 0 Å². The molecule has 0 aliphatic carbocycles. The Balaban J connectivity index is 1.00. The summed E-state index contributed by atoms with van der Waals surface area (Å²) in [6, 6.07) is 50.0. The van der Waals surface area contributed by atoms with Crippen LogP contribution in [0.1, 0.15) is 59.1 Å². The smallest absolute Gasteiger partial charge is 0.246 e. The Morgan fingerprint density at radius 3 is 1.10 bits per heavy atom. The molecule has 0 fully saturated rings. The minimum atomic E-state index is -1.12. The number of para-hydroxylation sites is 2. The largest absolute Gasteiger partial charge is 0.508 e. The zero-order valence-electron chi connectivity index (χ0n) is 28.9. The summed E-state index contributed by atoms with van der Waals surface area (Å²) in [4.78, 5) is 33.3. The normalized spacial score (nSPS) is 15.5. The van der Waals surface area contributed by atoms with Gasteiger partial charge in [0, 0.05) is 35.6 Å². The van der Waals surface area contributed by atoms with Gasteiger partial charge in [0.25, 0.3) is 0 Å². The molecule has 0 saturated carbocycles. The lowest BCUT2D eigenvalue weighted by atomic mass is 9.70. The number of nitrogens with zero attached hydrogens (tertiary/aromatic N) is 2. The van der Waals surface area contributed by atoms with Crippen LogP contribution in [0, 0.1) is 0 Å². The number of carbonyl (C=O) groups is 2. The molecule has 0 unspecified atom stereocenters. The van der Waals surface area contributed by atoms with Gasteiger partial charge < -0.3 is 20.0 Å². The second-order valence-electron chi connectivity index (χ2n) is 13.7. The van der Waals surface area contributed by atoms with Gasteiger partial charge in [-0.05, 0) is 71.5 Å². The number of anilines is 2. The number of amides is 2. The first-order chi connectivity index (χ1) is 25.5. The Labute approximate surface area is 304 Å². The molecule has 0 aromatic heterocycles. The fourth-order valence-corrected chi connectivity index (χ4v) is 8.49. The Kier molecular flexibility index (Phi) is 8.59. The van der Waals surface area contributed by atoms with Gasteiger partial charge in [-0.25, -0.2) is 0 Å². The number of hydrogen-bond donors (Lipinski definition) is 2. The molecule has 6 nitrogen and oxygen atoms in total. The number of benzene rings is 6. The van der Waals surface area contributed by atoms with E-state index in [1.807, 2.05) is 107 Å². The van der Waals surface area contributed by atoms with Crippen molar-refractivity contribution < 1.29 is 19.8 Å². The van der Waals surface area contributed by atoms with Crippen LogP contribution in [0.2, 0.25) is 0 Å². The molecule has 258 valence electrons. The third-order valence-corrected chi connectivity index (χ3v) is 10.9. The van der Waals surface area contributed by atoms with Gasteiger partial charge in [-0.3, -0.25) is 9.59 Å². The van der Waals surface area contributed by atoms with Crippen molar-refractivity contribution in [1.82, 2.24) is 0 Å². The molecule has 2 amide bonds. The predicted octanol–water partition coefficient (Wildman–Crippen LogP) is 8.72. The van der Waals surface area contributed by atoms with Crippen LogP contribution in [0.5, 0.6) is 11.5 Å². The monoisotopic (exact) mass is 684 g/mol. The number of aromatic hydroxyl groups is 2. The summed E-state index contributed by atoms with van der Waals surface area (Å²) in [6.45, 7) is 1.15. The lowest BCUT2D eigenvalue weighted by molar-refractivity contribution is -0.121. The molecule has 0 radical (unpaired) electrons. The number of phenolic OH excluding ortho intramolecular Hbond substituents is 2. The van der Waals surface area contributed by atoms with Gasteiger partial charge in [-0.1, -0.05) is 134 Å². The molecule has 0 atom stereocenters. The van der Waals surface area contributed by atoms with Gasteiger partial charge in [-0.15, -0.1) is 0 Å². The van der Waals surface area contributed by atoms with Crippen molar-refractivity contribution in [1.29, 1.82) is 0 Å². The van der Waals surface area contributed by atoms with E-state index < -0.39 is 10.8 Å². The summed E-state index contributed by atoms with van der Waals surface area (Å²) in [7, 11) is 0. The second-order valence-corrected chi connectivity index (χ2v) is 13.7. The highest BCUT2D eigenvalue weighted by molar-refractivity contribution is 6.14. The number of fused-ring (bicyclic) bond motifs is 2. The van der Waals surface area contributed by atoms with Crippen LogP contribution < -0.4 is 9.80 Å². The maximum Gasteiger partial charge on any atom is 0.246 e. The van der Waals surface area contributed by atoms with E-state index in [1.54, 1.807) is 24.3 Å². The third kappa shape index (κ3) is 5.17. The van der Waals surface area contributed by atoms with Gasteiger partial charge in [0.05, 0.1) is 0 Å². The molecule has 6 heteroatoms. The molecule has 2 aliphatic heterocycles. The SMILES string of the molecule is O=C1N(CCCCCCN2C(=O)C(c3ccc(O)cc3)(c3ccc(O)cc3)c3ccccc32)c2ccccc2C1(c1ccccc1)c1ccccc1. The molecule has 0 bridgehead atoms. The summed E-state index contributed by atoms with van der Waals surface area (Å²) < 4.78 is 0. The second kappa shape index (κ2) is 13.5. The molecule has 52 heavy (non-hydrogen) atoms. The summed E-state index contributed by atoms with van der Waals surface area (Å²) in [5, 5.41) is 20.2. The van der Waals surface area contributed by atoms with Crippen molar-refractivity contribution in [2.75, 3.05) is 22.9 Å². The Bertz CT molecular complexity index is 2130. The molecule has 6 aromatic carbocycles. The number of phenols is 2. The summed E-state index contributed by atoms with van der Waals surface area (Å²) in [5.74, 6) is 0.281. The van der Waals surface area contributed by atoms with E-state index in [4.69, 9.17) is 0 Å². The van der Waals surface area contributed by atoms with Crippen LogP contribution >= 0.6 is 0 Å². The van der Waals surface area contributed by atoms with E-state index >= 15 is 0 Å². The van der Waals surface area contributed by atoms with E-state index in [0.717, 1.165) is 70.4 Å². The van der Waals surface area contributed by atoms with Gasteiger partial charge in [-0.2, -0.15) is 0 Å². The summed E-state index contributed by atoms with van der Waals surface area (Å²) in [6.07, 6.45) is 3.42. The van der Waals surface area contributed by atoms with Crippen molar-refractivity contribution in [3.8, 4) is 11.5 Å². The third-order valence-electron chi connectivity index (χ3n) is 10.9. The zero-order chi connectivity index (χ0) is 35.7. The highest BCUT2D eigenvalue weighted by atomic mass is 16.3. The topological polar surface area (TPSA) is 81.1 Å². The van der Waals surface area contributed by atoms with Gasteiger partial charge >= 0.3 is 0 Å². The van der Waals surface area contributed by atoms with E-state index in [0.29, 0.717) is 13.1 Å². The maximum absolute atomic E-state index is 14.8. The van der Waals surface area contributed by atoms with Crippen LogP contribution in [0.15, 0.2) is 158 Å². The Morgan fingerprint density at radius 2 is 0.712 bits per heavy atom. The number of unbranched alkanes of at least 4 members (excludes halogenated alkanes) is 3. The van der Waals surface area contributed by atoms with Crippen LogP contribution in [0.3, 0.4) is 0 Å². The van der Waals surface area contributed by atoms with Gasteiger partial charge in [0.15, 0.2) is 0 Å². The Morgan fingerprint density at radius 1 is 0.385 bits per heavy atom. The first kappa shape index (κ1) is 33.0. The fourth-order valence-electron chi connectivity index (χ4n) is 8.49. The van der Waals surface area contributed by atoms with Crippen molar-refractivity contribution >= 4 is 23.2 Å². The van der Waals surface area contributed by atoms with Crippen molar-refractivity contribution in [2.45, 2.75) is 36.5 Å². The summed E-state index contributed by atoms with van der Waals surface area (Å²) in [5.41, 5.74) is 5.12. The van der Waals surface area contributed by atoms with Crippen molar-refractivity contribution in [2.24, 2.45) is 0 Å². The minimum absolute atomic E-state index is 0.0532. The Hall–Kier alpha value is -6.14. The molecular weight excluding hydrogens is 645 g/mol. The van der Waals surface area contributed by atoms with Gasteiger partial charge in [0.1, 0.15) is 22.3 Å². The van der Waals surface area contributed by atoms with E-state index in [1.165, 1.54) is 0 Å². The maximum atomic E-state index is 14.8. The standard InChI is InChI=1S/C46H40N2O4/c49-37-27-23-35(24-28-37)46(36-25-29-38(50)30-26-36)40-20-10-12-22-42(40)48(44(46)52)32-14-2-1-13-31-47-41-21-11-9-19-39(41)45(43(47)51,33-15-5-3-6-16-33)34-17-7-4-8-18-34/h3-12,15-30,49-50H,1-2,13-14,31-32H2. The predicted molar refractivity (Wildman–Crippen MR) is 205 cm³/mol. The van der Waals surface area contributed by atoms with Gasteiger partial charge in [0.2, 0.25) is 11.8 Å². The zero-order valence-corrected chi connectivity index (χ0v) is 28.9. The molecule has 0 saturated heterocycles. The quantitative estimate of drug-likeness (QED) is 0.134. The molecule has 2 aliphatic rings. The first-order valence-corrected chi connectivity index (χ1v) is 18.0. The van der Waals surface area contributed by atoms with Crippen LogP contribution in [0.25, 0.3) is 0 Å². The number of rotatable bonds is 11. The van der Waals surface area contributed by atoms with E-state index in [2.05, 4.69) is 36.4 Å². The highest BCUT2D eigenvalue weighted by Crippen LogP contribution is 2.52. The lowest BCUT2D eigenvalue weighted by Crippen LogP contribution is -2.42. The number of hydrogen-bond acceptors (Lipinski definition) is 4. The van der Waals surface area contributed by atoms with Crippen molar-refractivity contribution in [3.05, 3.63) is 191 Å².